The molecule has 0 saturated carbocycles. The van der Waals surface area contributed by atoms with Crippen molar-refractivity contribution >= 4 is 22.8 Å². The van der Waals surface area contributed by atoms with Gasteiger partial charge >= 0.3 is 0 Å². The lowest BCUT2D eigenvalue weighted by atomic mass is 9.91. The van der Waals surface area contributed by atoms with Crippen LogP contribution in [0.25, 0.3) is 16.7 Å². The number of hydrogen-bond acceptors (Lipinski definition) is 5. The normalized spacial score (nSPS) is 16.0. The van der Waals surface area contributed by atoms with Gasteiger partial charge in [-0.15, -0.1) is 0 Å². The number of likely N-dealkylation sites (tertiary alicyclic amines) is 1. The first-order chi connectivity index (χ1) is 16.1. The maximum absolute atomic E-state index is 12.2. The predicted molar refractivity (Wildman–Crippen MR) is 129 cm³/mol. The second-order valence-corrected chi connectivity index (χ2v) is 8.15. The van der Waals surface area contributed by atoms with E-state index >= 15 is 0 Å². The van der Waals surface area contributed by atoms with Crippen molar-refractivity contribution in [3.63, 3.8) is 0 Å². The molecule has 0 radical (unpaired) electrons. The van der Waals surface area contributed by atoms with Gasteiger partial charge in [0, 0.05) is 36.5 Å². The van der Waals surface area contributed by atoms with Crippen LogP contribution in [-0.4, -0.2) is 38.4 Å². The lowest BCUT2D eigenvalue weighted by Gasteiger charge is -2.31. The van der Waals surface area contributed by atoms with Crippen molar-refractivity contribution < 1.29 is 9.53 Å². The Kier molecular flexibility index (Phi) is 5.52. The van der Waals surface area contributed by atoms with Crippen molar-refractivity contribution in [2.75, 3.05) is 18.8 Å². The summed E-state index contributed by atoms with van der Waals surface area (Å²) in [7, 11) is 0. The summed E-state index contributed by atoms with van der Waals surface area (Å²) in [6.45, 7) is 5.02. The van der Waals surface area contributed by atoms with Crippen LogP contribution in [0.3, 0.4) is 0 Å². The van der Waals surface area contributed by atoms with Crippen molar-refractivity contribution in [1.82, 2.24) is 19.4 Å². The van der Waals surface area contributed by atoms with Crippen LogP contribution in [-0.2, 0) is 4.79 Å². The SMILES string of the molecule is C=CC(=O)N1CCCC(c2cn(-c3ccc(Oc4ccccc4)cc3)c3c(N)ncnc23)C1. The van der Waals surface area contributed by atoms with Crippen LogP contribution in [0.4, 0.5) is 5.82 Å². The Bertz CT molecular complexity index is 1300. The molecule has 7 nitrogen and oxygen atoms in total. The van der Waals surface area contributed by atoms with E-state index in [1.165, 1.54) is 12.4 Å². The highest BCUT2D eigenvalue weighted by Gasteiger charge is 2.27. The Morgan fingerprint density at radius 3 is 2.61 bits per heavy atom. The lowest BCUT2D eigenvalue weighted by molar-refractivity contribution is -0.127. The predicted octanol–water partition coefficient (Wildman–Crippen LogP) is 4.69. The molecule has 1 unspecified atom stereocenters. The number of hydrogen-bond donors (Lipinski definition) is 1. The number of carbonyl (C=O) groups excluding carboxylic acids is 1. The second kappa shape index (κ2) is 8.78. The largest absolute Gasteiger partial charge is 0.457 e. The van der Waals surface area contributed by atoms with Gasteiger partial charge in [0.15, 0.2) is 5.82 Å². The fraction of sp³-hybridized carbons (Fsp3) is 0.192. The van der Waals surface area contributed by atoms with Crippen molar-refractivity contribution in [2.24, 2.45) is 0 Å². The van der Waals surface area contributed by atoms with Gasteiger partial charge in [-0.05, 0) is 55.3 Å². The summed E-state index contributed by atoms with van der Waals surface area (Å²) in [6, 6.07) is 17.5. The van der Waals surface area contributed by atoms with E-state index in [4.69, 9.17) is 10.5 Å². The number of piperidine rings is 1. The highest BCUT2D eigenvalue weighted by Crippen LogP contribution is 2.36. The number of nitrogens with zero attached hydrogens (tertiary/aromatic N) is 4. The van der Waals surface area contributed by atoms with Gasteiger partial charge in [0.1, 0.15) is 23.3 Å². The summed E-state index contributed by atoms with van der Waals surface area (Å²) in [5.74, 6) is 2.09. The number of nitrogen functional groups attached to an aromatic ring is 1. The van der Waals surface area contributed by atoms with Crippen LogP contribution in [0.5, 0.6) is 11.5 Å². The van der Waals surface area contributed by atoms with Gasteiger partial charge in [-0.2, -0.15) is 0 Å². The van der Waals surface area contributed by atoms with E-state index in [0.29, 0.717) is 12.4 Å². The van der Waals surface area contributed by atoms with Crippen LogP contribution in [0.1, 0.15) is 24.3 Å². The Morgan fingerprint density at radius 2 is 1.85 bits per heavy atom. The number of nitrogens with two attached hydrogens (primary N) is 1. The minimum absolute atomic E-state index is 0.0356. The Morgan fingerprint density at radius 1 is 1.09 bits per heavy atom. The van der Waals surface area contributed by atoms with Gasteiger partial charge < -0.3 is 19.9 Å². The molecule has 1 saturated heterocycles. The molecule has 1 atom stereocenters. The zero-order valence-electron chi connectivity index (χ0n) is 18.2. The van der Waals surface area contributed by atoms with E-state index in [2.05, 4.69) is 22.7 Å². The molecule has 5 rings (SSSR count). The maximum atomic E-state index is 12.2. The molecule has 1 aliphatic heterocycles. The van der Waals surface area contributed by atoms with Crippen LogP contribution in [0, 0.1) is 0 Å². The van der Waals surface area contributed by atoms with E-state index in [1.54, 1.807) is 0 Å². The second-order valence-electron chi connectivity index (χ2n) is 8.15. The summed E-state index contributed by atoms with van der Waals surface area (Å²) in [5.41, 5.74) is 9.90. The first kappa shape index (κ1) is 20.8. The van der Waals surface area contributed by atoms with E-state index in [0.717, 1.165) is 53.2 Å². The number of carbonyl (C=O) groups is 1. The summed E-state index contributed by atoms with van der Waals surface area (Å²) < 4.78 is 7.95. The topological polar surface area (TPSA) is 86.3 Å². The van der Waals surface area contributed by atoms with Gasteiger partial charge in [0.2, 0.25) is 5.91 Å². The molecule has 4 aromatic rings. The lowest BCUT2D eigenvalue weighted by Crippen LogP contribution is -2.38. The van der Waals surface area contributed by atoms with E-state index < -0.39 is 0 Å². The number of aromatic nitrogens is 3. The third-order valence-electron chi connectivity index (χ3n) is 6.07. The number of ether oxygens (including phenoxy) is 1. The summed E-state index contributed by atoms with van der Waals surface area (Å²) in [5, 5.41) is 0. The molecule has 2 N–H and O–H groups in total. The van der Waals surface area contributed by atoms with Crippen LogP contribution >= 0.6 is 0 Å². The summed E-state index contributed by atoms with van der Waals surface area (Å²) >= 11 is 0. The molecule has 2 aromatic carbocycles. The van der Waals surface area contributed by atoms with Gasteiger partial charge in [-0.1, -0.05) is 24.8 Å². The minimum Gasteiger partial charge on any atom is -0.457 e. The molecule has 0 aliphatic carbocycles. The third-order valence-corrected chi connectivity index (χ3v) is 6.07. The number of fused-ring (bicyclic) bond motifs is 1. The molecule has 33 heavy (non-hydrogen) atoms. The maximum Gasteiger partial charge on any atom is 0.245 e. The number of rotatable bonds is 5. The fourth-order valence-electron chi connectivity index (χ4n) is 4.47. The van der Waals surface area contributed by atoms with Crippen LogP contribution in [0.15, 0.2) is 79.8 Å². The number of para-hydroxylation sites is 1. The molecule has 0 spiro atoms. The zero-order valence-corrected chi connectivity index (χ0v) is 18.2. The molecule has 1 amide bonds. The van der Waals surface area contributed by atoms with E-state index in [1.807, 2.05) is 64.1 Å². The van der Waals surface area contributed by atoms with E-state index in [9.17, 15) is 4.79 Å². The molecule has 3 heterocycles. The van der Waals surface area contributed by atoms with Crippen molar-refractivity contribution in [3.8, 4) is 17.2 Å². The number of benzene rings is 2. The van der Waals surface area contributed by atoms with Crippen molar-refractivity contribution in [3.05, 3.63) is 85.3 Å². The van der Waals surface area contributed by atoms with Gasteiger partial charge in [0.25, 0.3) is 0 Å². The smallest absolute Gasteiger partial charge is 0.245 e. The van der Waals surface area contributed by atoms with Gasteiger partial charge in [0.05, 0.1) is 5.52 Å². The monoisotopic (exact) mass is 439 g/mol. The Hall–Kier alpha value is -4.13. The first-order valence-corrected chi connectivity index (χ1v) is 11.0. The summed E-state index contributed by atoms with van der Waals surface area (Å²) in [6.07, 6.45) is 6.87. The number of amides is 1. The van der Waals surface area contributed by atoms with Crippen LogP contribution in [0.2, 0.25) is 0 Å². The van der Waals surface area contributed by atoms with Gasteiger partial charge in [-0.25, -0.2) is 9.97 Å². The average Bonchev–Trinajstić information content (AvgIpc) is 3.26. The highest BCUT2D eigenvalue weighted by molar-refractivity contribution is 5.90. The molecule has 1 aliphatic rings. The molecule has 166 valence electrons. The average molecular weight is 440 g/mol. The molecule has 2 aromatic heterocycles. The van der Waals surface area contributed by atoms with Crippen LogP contribution < -0.4 is 10.5 Å². The summed E-state index contributed by atoms with van der Waals surface area (Å²) in [4.78, 5) is 22.8. The quantitative estimate of drug-likeness (QED) is 0.456. The molecular formula is C26H25N5O2. The third kappa shape index (κ3) is 4.05. The molecule has 7 heteroatoms. The molecular weight excluding hydrogens is 414 g/mol. The first-order valence-electron chi connectivity index (χ1n) is 11.0. The minimum atomic E-state index is -0.0356. The van der Waals surface area contributed by atoms with E-state index in [-0.39, 0.29) is 11.8 Å². The van der Waals surface area contributed by atoms with Gasteiger partial charge in [-0.3, -0.25) is 4.79 Å². The Balaban J connectivity index is 1.50. The van der Waals surface area contributed by atoms with Crippen molar-refractivity contribution in [2.45, 2.75) is 18.8 Å². The fourth-order valence-corrected chi connectivity index (χ4v) is 4.47. The molecule has 1 fully saturated rings. The highest BCUT2D eigenvalue weighted by atomic mass is 16.5. The Labute approximate surface area is 192 Å². The zero-order chi connectivity index (χ0) is 22.8. The number of anilines is 1. The molecule has 0 bridgehead atoms. The standard InChI is InChI=1S/C26H25N5O2/c1-2-23(32)30-14-6-7-18(15-30)22-16-31(25-24(22)28-17-29-26(25)27)19-10-12-21(13-11-19)33-20-8-4-3-5-9-20/h2-5,8-13,16-18H,1,6-7,14-15H2,(H2,27,28,29). The van der Waals surface area contributed by atoms with Crippen molar-refractivity contribution in [1.29, 1.82) is 0 Å².